The van der Waals surface area contributed by atoms with Crippen LogP contribution in [0.4, 0.5) is 0 Å². The van der Waals surface area contributed by atoms with Gasteiger partial charge < -0.3 is 5.32 Å². The summed E-state index contributed by atoms with van der Waals surface area (Å²) in [7, 11) is 0. The van der Waals surface area contributed by atoms with Crippen molar-refractivity contribution in [2.45, 2.75) is 39.5 Å². The minimum atomic E-state index is -0.123. The molecule has 0 aromatic heterocycles. The van der Waals surface area contributed by atoms with Crippen molar-refractivity contribution in [3.05, 3.63) is 35.4 Å². The van der Waals surface area contributed by atoms with Crippen LogP contribution in [0.15, 0.2) is 24.3 Å². The molecule has 1 aromatic carbocycles. The standard InChI is InChI=1S/C16H23NO/c1-3-16(8-5-9-17-12-16)15(18)11-14-7-4-6-13(2)10-14/h4,6-7,10,17H,3,5,8-9,11-12H2,1-2H3. The summed E-state index contributed by atoms with van der Waals surface area (Å²) >= 11 is 0. The van der Waals surface area contributed by atoms with E-state index in [9.17, 15) is 4.79 Å². The molecule has 1 fully saturated rings. The number of rotatable bonds is 4. The van der Waals surface area contributed by atoms with E-state index in [0.717, 1.165) is 37.9 Å². The number of benzene rings is 1. The number of carbonyl (C=O) groups is 1. The summed E-state index contributed by atoms with van der Waals surface area (Å²) in [6, 6.07) is 8.30. The molecule has 98 valence electrons. The first-order valence-corrected chi connectivity index (χ1v) is 6.96. The topological polar surface area (TPSA) is 29.1 Å². The predicted octanol–water partition coefficient (Wildman–Crippen LogP) is 2.89. The Bertz CT molecular complexity index is 419. The number of hydrogen-bond donors (Lipinski definition) is 1. The fraction of sp³-hybridized carbons (Fsp3) is 0.562. The average Bonchev–Trinajstić information content (AvgIpc) is 2.39. The first-order chi connectivity index (χ1) is 8.66. The molecular formula is C16H23NO. The van der Waals surface area contributed by atoms with Gasteiger partial charge >= 0.3 is 0 Å². The molecule has 2 rings (SSSR count). The van der Waals surface area contributed by atoms with Crippen molar-refractivity contribution in [1.82, 2.24) is 5.32 Å². The van der Waals surface area contributed by atoms with E-state index in [-0.39, 0.29) is 5.41 Å². The minimum absolute atomic E-state index is 0.123. The van der Waals surface area contributed by atoms with E-state index < -0.39 is 0 Å². The second-order valence-electron chi connectivity index (χ2n) is 5.50. The van der Waals surface area contributed by atoms with Crippen LogP contribution in [-0.4, -0.2) is 18.9 Å². The van der Waals surface area contributed by atoms with Crippen LogP contribution in [0.1, 0.15) is 37.3 Å². The highest BCUT2D eigenvalue weighted by molar-refractivity contribution is 5.87. The van der Waals surface area contributed by atoms with Crippen molar-refractivity contribution >= 4 is 5.78 Å². The molecule has 0 amide bonds. The van der Waals surface area contributed by atoms with Gasteiger partial charge in [-0.05, 0) is 38.3 Å². The fourth-order valence-electron chi connectivity index (χ4n) is 2.90. The molecule has 0 bridgehead atoms. The molecule has 18 heavy (non-hydrogen) atoms. The van der Waals surface area contributed by atoms with Gasteiger partial charge in [-0.2, -0.15) is 0 Å². The molecule has 1 aliphatic rings. The van der Waals surface area contributed by atoms with Gasteiger partial charge in [-0.25, -0.2) is 0 Å². The Morgan fingerprint density at radius 3 is 2.89 bits per heavy atom. The third kappa shape index (κ3) is 2.81. The number of hydrogen-bond acceptors (Lipinski definition) is 2. The van der Waals surface area contributed by atoms with E-state index in [2.05, 4.69) is 37.4 Å². The first kappa shape index (κ1) is 13.3. The molecule has 0 saturated carbocycles. The summed E-state index contributed by atoms with van der Waals surface area (Å²) in [4.78, 5) is 12.6. The Kier molecular flexibility index (Phi) is 4.18. The molecule has 1 aliphatic heterocycles. The smallest absolute Gasteiger partial charge is 0.144 e. The van der Waals surface area contributed by atoms with E-state index in [4.69, 9.17) is 0 Å². The van der Waals surface area contributed by atoms with E-state index >= 15 is 0 Å². The van der Waals surface area contributed by atoms with Gasteiger partial charge in [0.1, 0.15) is 5.78 Å². The van der Waals surface area contributed by atoms with Crippen molar-refractivity contribution < 1.29 is 4.79 Å². The van der Waals surface area contributed by atoms with Crippen molar-refractivity contribution in [2.75, 3.05) is 13.1 Å². The van der Waals surface area contributed by atoms with Crippen LogP contribution in [0.2, 0.25) is 0 Å². The van der Waals surface area contributed by atoms with Crippen molar-refractivity contribution in [3.63, 3.8) is 0 Å². The first-order valence-electron chi connectivity index (χ1n) is 6.96. The van der Waals surface area contributed by atoms with Crippen molar-refractivity contribution in [3.8, 4) is 0 Å². The maximum absolute atomic E-state index is 12.6. The summed E-state index contributed by atoms with van der Waals surface area (Å²) in [5.74, 6) is 0.405. The number of nitrogens with one attached hydrogen (secondary N) is 1. The molecule has 2 nitrogen and oxygen atoms in total. The number of carbonyl (C=O) groups excluding carboxylic acids is 1. The summed E-state index contributed by atoms with van der Waals surface area (Å²) in [6.07, 6.45) is 3.69. The number of ketones is 1. The van der Waals surface area contributed by atoms with Crippen LogP contribution in [0.25, 0.3) is 0 Å². The third-order valence-corrected chi connectivity index (χ3v) is 4.19. The van der Waals surface area contributed by atoms with Gasteiger partial charge in [0.2, 0.25) is 0 Å². The predicted molar refractivity (Wildman–Crippen MR) is 74.7 cm³/mol. The molecule has 0 aliphatic carbocycles. The third-order valence-electron chi connectivity index (χ3n) is 4.19. The largest absolute Gasteiger partial charge is 0.316 e. The monoisotopic (exact) mass is 245 g/mol. The lowest BCUT2D eigenvalue weighted by molar-refractivity contribution is -0.129. The van der Waals surface area contributed by atoms with Crippen LogP contribution in [-0.2, 0) is 11.2 Å². The van der Waals surface area contributed by atoms with Gasteiger partial charge in [0.25, 0.3) is 0 Å². The zero-order valence-corrected chi connectivity index (χ0v) is 11.5. The van der Waals surface area contributed by atoms with Gasteiger partial charge in [0.15, 0.2) is 0 Å². The van der Waals surface area contributed by atoms with E-state index in [1.807, 2.05) is 6.07 Å². The zero-order chi connectivity index (χ0) is 13.0. The van der Waals surface area contributed by atoms with Crippen molar-refractivity contribution in [1.29, 1.82) is 0 Å². The summed E-state index contributed by atoms with van der Waals surface area (Å²) in [5, 5.41) is 3.38. The Balaban J connectivity index is 2.10. The maximum atomic E-state index is 12.6. The lowest BCUT2D eigenvalue weighted by atomic mass is 9.73. The Hall–Kier alpha value is -1.15. The van der Waals surface area contributed by atoms with Gasteiger partial charge in [0, 0.05) is 18.4 Å². The molecular weight excluding hydrogens is 222 g/mol. The average molecular weight is 245 g/mol. The quantitative estimate of drug-likeness (QED) is 0.883. The molecule has 1 aromatic rings. The van der Waals surface area contributed by atoms with E-state index in [0.29, 0.717) is 12.2 Å². The molecule has 1 atom stereocenters. The van der Waals surface area contributed by atoms with Gasteiger partial charge in [0.05, 0.1) is 0 Å². The molecule has 1 heterocycles. The van der Waals surface area contributed by atoms with Crippen LogP contribution in [0.3, 0.4) is 0 Å². The summed E-state index contributed by atoms with van der Waals surface area (Å²) in [5.41, 5.74) is 2.26. The molecule has 2 heteroatoms. The van der Waals surface area contributed by atoms with E-state index in [1.54, 1.807) is 0 Å². The van der Waals surface area contributed by atoms with Crippen LogP contribution in [0.5, 0.6) is 0 Å². The maximum Gasteiger partial charge on any atom is 0.144 e. The Labute approximate surface area is 110 Å². The van der Waals surface area contributed by atoms with Crippen LogP contribution < -0.4 is 5.32 Å². The van der Waals surface area contributed by atoms with Crippen LogP contribution >= 0.6 is 0 Å². The number of Topliss-reactive ketones (excluding diaryl/α,β-unsaturated/α-hetero) is 1. The highest BCUT2D eigenvalue weighted by Gasteiger charge is 2.36. The second kappa shape index (κ2) is 5.66. The zero-order valence-electron chi connectivity index (χ0n) is 11.5. The molecule has 0 spiro atoms. The molecule has 1 unspecified atom stereocenters. The molecule has 1 N–H and O–H groups in total. The summed E-state index contributed by atoms with van der Waals surface area (Å²) < 4.78 is 0. The van der Waals surface area contributed by atoms with Crippen molar-refractivity contribution in [2.24, 2.45) is 5.41 Å². The molecule has 1 saturated heterocycles. The van der Waals surface area contributed by atoms with Gasteiger partial charge in [-0.1, -0.05) is 36.8 Å². The second-order valence-corrected chi connectivity index (χ2v) is 5.50. The lowest BCUT2D eigenvalue weighted by Gasteiger charge is -2.35. The van der Waals surface area contributed by atoms with Gasteiger partial charge in [-0.3, -0.25) is 4.79 Å². The van der Waals surface area contributed by atoms with Gasteiger partial charge in [-0.15, -0.1) is 0 Å². The highest BCUT2D eigenvalue weighted by Crippen LogP contribution is 2.32. The van der Waals surface area contributed by atoms with Crippen LogP contribution in [0, 0.1) is 12.3 Å². The molecule has 0 radical (unpaired) electrons. The Morgan fingerprint density at radius 1 is 1.44 bits per heavy atom. The van der Waals surface area contributed by atoms with E-state index in [1.165, 1.54) is 5.56 Å². The number of piperidine rings is 1. The highest BCUT2D eigenvalue weighted by atomic mass is 16.1. The fourth-order valence-corrected chi connectivity index (χ4v) is 2.90. The lowest BCUT2D eigenvalue weighted by Crippen LogP contribution is -2.45. The normalized spacial score (nSPS) is 23.9. The number of aryl methyl sites for hydroxylation is 1. The SMILES string of the molecule is CCC1(C(=O)Cc2cccc(C)c2)CCCNC1. The minimum Gasteiger partial charge on any atom is -0.316 e. The summed E-state index contributed by atoms with van der Waals surface area (Å²) in [6.45, 7) is 6.13. The Morgan fingerprint density at radius 2 is 2.28 bits per heavy atom.